The molecule has 1 nitrogen and oxygen atoms in total. The number of alkyl halides is 1. The fourth-order valence-corrected chi connectivity index (χ4v) is 2.31. The maximum absolute atomic E-state index is 13.3. The number of pyridine rings is 1. The fourth-order valence-electron chi connectivity index (χ4n) is 1.83. The molecule has 0 fully saturated rings. The highest BCUT2D eigenvalue weighted by Gasteiger charge is 2.12. The second-order valence-electron chi connectivity index (χ2n) is 4.20. The van der Waals surface area contributed by atoms with Gasteiger partial charge in [-0.25, -0.2) is 4.39 Å². The molecule has 94 valence electrons. The number of aryl methyl sites for hydroxylation is 1. The molecule has 1 aromatic heterocycles. The van der Waals surface area contributed by atoms with Crippen LogP contribution in [0.4, 0.5) is 4.39 Å². The molecule has 18 heavy (non-hydrogen) atoms. The summed E-state index contributed by atoms with van der Waals surface area (Å²) in [5, 5.41) is 0.274. The highest BCUT2D eigenvalue weighted by Crippen LogP contribution is 2.28. The van der Waals surface area contributed by atoms with Crippen molar-refractivity contribution in [3.05, 3.63) is 64.2 Å². The van der Waals surface area contributed by atoms with E-state index in [1.54, 1.807) is 12.4 Å². The minimum Gasteiger partial charge on any atom is -0.263 e. The SMILES string of the molecule is Cc1cc(F)cc(C(Cl)Cc2ccncc2Cl)c1. The smallest absolute Gasteiger partial charge is 0.123 e. The van der Waals surface area contributed by atoms with Gasteiger partial charge < -0.3 is 0 Å². The maximum Gasteiger partial charge on any atom is 0.123 e. The average Bonchev–Trinajstić information content (AvgIpc) is 2.31. The molecule has 0 aliphatic rings. The van der Waals surface area contributed by atoms with Gasteiger partial charge in [0.1, 0.15) is 5.82 Å². The Labute approximate surface area is 116 Å². The number of halogens is 3. The molecule has 0 radical (unpaired) electrons. The van der Waals surface area contributed by atoms with Gasteiger partial charge in [-0.05, 0) is 48.2 Å². The molecule has 0 N–H and O–H groups in total. The van der Waals surface area contributed by atoms with Crippen molar-refractivity contribution in [3.8, 4) is 0 Å². The second-order valence-corrected chi connectivity index (χ2v) is 5.13. The van der Waals surface area contributed by atoms with Gasteiger partial charge in [0, 0.05) is 12.4 Å². The van der Waals surface area contributed by atoms with Crippen molar-refractivity contribution in [2.75, 3.05) is 0 Å². The third kappa shape index (κ3) is 3.21. The van der Waals surface area contributed by atoms with E-state index in [2.05, 4.69) is 4.98 Å². The molecule has 0 spiro atoms. The van der Waals surface area contributed by atoms with E-state index in [0.29, 0.717) is 11.4 Å². The fraction of sp³-hybridized carbons (Fsp3) is 0.214. The normalized spacial score (nSPS) is 12.4. The van der Waals surface area contributed by atoms with Crippen LogP contribution < -0.4 is 0 Å². The Morgan fingerprint density at radius 1 is 1.33 bits per heavy atom. The van der Waals surface area contributed by atoms with Crippen molar-refractivity contribution in [2.45, 2.75) is 18.7 Å². The molecule has 2 aromatic rings. The van der Waals surface area contributed by atoms with Gasteiger partial charge in [-0.1, -0.05) is 17.7 Å². The summed E-state index contributed by atoms with van der Waals surface area (Å²) in [6.07, 6.45) is 3.80. The summed E-state index contributed by atoms with van der Waals surface area (Å²) in [6.45, 7) is 1.84. The van der Waals surface area contributed by atoms with E-state index in [4.69, 9.17) is 23.2 Å². The molecular weight excluding hydrogens is 272 g/mol. The second kappa shape index (κ2) is 5.68. The van der Waals surface area contributed by atoms with Gasteiger partial charge in [0.2, 0.25) is 0 Å². The van der Waals surface area contributed by atoms with Crippen LogP contribution in [0.1, 0.15) is 22.1 Å². The molecule has 0 aliphatic carbocycles. The molecule has 1 heterocycles. The lowest BCUT2D eigenvalue weighted by molar-refractivity contribution is 0.623. The van der Waals surface area contributed by atoms with Crippen molar-refractivity contribution >= 4 is 23.2 Å². The predicted molar refractivity (Wildman–Crippen MR) is 72.7 cm³/mol. The Morgan fingerprint density at radius 2 is 2.11 bits per heavy atom. The number of nitrogens with zero attached hydrogens (tertiary/aromatic N) is 1. The van der Waals surface area contributed by atoms with Gasteiger partial charge in [-0.15, -0.1) is 11.6 Å². The summed E-state index contributed by atoms with van der Waals surface area (Å²) in [5.74, 6) is -0.267. The van der Waals surface area contributed by atoms with Gasteiger partial charge >= 0.3 is 0 Å². The molecule has 0 saturated carbocycles. The van der Waals surface area contributed by atoms with Crippen LogP contribution >= 0.6 is 23.2 Å². The highest BCUT2D eigenvalue weighted by molar-refractivity contribution is 6.31. The molecule has 1 unspecified atom stereocenters. The minimum absolute atomic E-state index is 0.267. The first-order chi connectivity index (χ1) is 8.56. The first-order valence-corrected chi connectivity index (χ1v) is 6.37. The molecule has 0 bridgehead atoms. The number of hydrogen-bond acceptors (Lipinski definition) is 1. The largest absolute Gasteiger partial charge is 0.263 e. The van der Waals surface area contributed by atoms with Crippen molar-refractivity contribution in [3.63, 3.8) is 0 Å². The molecular formula is C14H12Cl2FN. The maximum atomic E-state index is 13.3. The Balaban J connectivity index is 2.22. The number of hydrogen-bond donors (Lipinski definition) is 0. The molecule has 4 heteroatoms. The third-order valence-electron chi connectivity index (χ3n) is 2.68. The summed E-state index contributed by atoms with van der Waals surface area (Å²) < 4.78 is 13.3. The third-order valence-corrected chi connectivity index (χ3v) is 3.43. The van der Waals surface area contributed by atoms with Crippen LogP contribution in [0, 0.1) is 12.7 Å². The first kappa shape index (κ1) is 13.3. The van der Waals surface area contributed by atoms with Crippen molar-refractivity contribution in [2.24, 2.45) is 0 Å². The Morgan fingerprint density at radius 3 is 2.78 bits per heavy atom. The summed E-state index contributed by atoms with van der Waals surface area (Å²) in [5.41, 5.74) is 2.53. The predicted octanol–water partition coefficient (Wildman–Crippen LogP) is 4.71. The number of rotatable bonds is 3. The van der Waals surface area contributed by atoms with Gasteiger partial charge in [-0.2, -0.15) is 0 Å². The van der Waals surface area contributed by atoms with Gasteiger partial charge in [-0.3, -0.25) is 4.98 Å². The Bertz CT molecular complexity index is 537. The van der Waals surface area contributed by atoms with E-state index in [9.17, 15) is 4.39 Å². The summed E-state index contributed by atoms with van der Waals surface area (Å²) in [6, 6.07) is 6.64. The molecule has 2 rings (SSSR count). The van der Waals surface area contributed by atoms with Crippen molar-refractivity contribution in [1.29, 1.82) is 0 Å². The minimum atomic E-state index is -0.306. The van der Waals surface area contributed by atoms with Crippen LogP contribution in [0.25, 0.3) is 0 Å². The van der Waals surface area contributed by atoms with Crippen LogP contribution in [-0.2, 0) is 6.42 Å². The van der Waals surface area contributed by atoms with Gasteiger partial charge in [0.15, 0.2) is 0 Å². The standard InChI is InChI=1S/C14H12Cl2FN/c1-9-4-11(6-12(17)5-9)13(15)7-10-2-3-18-8-14(10)16/h2-6,8,13H,7H2,1H3. The number of aromatic nitrogens is 1. The zero-order valence-electron chi connectivity index (χ0n) is 9.83. The van der Waals surface area contributed by atoms with Gasteiger partial charge in [0.05, 0.1) is 10.4 Å². The highest BCUT2D eigenvalue weighted by atomic mass is 35.5. The quantitative estimate of drug-likeness (QED) is 0.744. The number of benzene rings is 1. The van der Waals surface area contributed by atoms with E-state index >= 15 is 0 Å². The Hall–Kier alpha value is -1.12. The molecule has 0 aliphatic heterocycles. The van der Waals surface area contributed by atoms with Crippen LogP contribution in [-0.4, -0.2) is 4.98 Å². The van der Waals surface area contributed by atoms with Crippen LogP contribution in [0.5, 0.6) is 0 Å². The zero-order chi connectivity index (χ0) is 13.1. The van der Waals surface area contributed by atoms with E-state index in [0.717, 1.165) is 16.7 Å². The molecule has 0 amide bonds. The first-order valence-electron chi connectivity index (χ1n) is 5.56. The summed E-state index contributed by atoms with van der Waals surface area (Å²) in [4.78, 5) is 3.92. The van der Waals surface area contributed by atoms with Crippen LogP contribution in [0.2, 0.25) is 5.02 Å². The van der Waals surface area contributed by atoms with E-state index < -0.39 is 0 Å². The van der Waals surface area contributed by atoms with Crippen LogP contribution in [0.3, 0.4) is 0 Å². The lowest BCUT2D eigenvalue weighted by Gasteiger charge is -2.12. The molecule has 0 saturated heterocycles. The monoisotopic (exact) mass is 283 g/mol. The zero-order valence-corrected chi connectivity index (χ0v) is 11.3. The average molecular weight is 284 g/mol. The molecule has 1 aromatic carbocycles. The van der Waals surface area contributed by atoms with Gasteiger partial charge in [0.25, 0.3) is 0 Å². The lowest BCUT2D eigenvalue weighted by Crippen LogP contribution is -1.98. The van der Waals surface area contributed by atoms with E-state index in [-0.39, 0.29) is 11.2 Å². The summed E-state index contributed by atoms with van der Waals surface area (Å²) >= 11 is 12.3. The van der Waals surface area contributed by atoms with Crippen molar-refractivity contribution in [1.82, 2.24) is 4.98 Å². The molecule has 1 atom stereocenters. The van der Waals surface area contributed by atoms with E-state index in [1.807, 2.05) is 19.1 Å². The Kier molecular flexibility index (Phi) is 4.20. The van der Waals surface area contributed by atoms with Crippen LogP contribution in [0.15, 0.2) is 36.7 Å². The lowest BCUT2D eigenvalue weighted by atomic mass is 10.0. The summed E-state index contributed by atoms with van der Waals surface area (Å²) in [7, 11) is 0. The topological polar surface area (TPSA) is 12.9 Å². The van der Waals surface area contributed by atoms with E-state index in [1.165, 1.54) is 12.1 Å². The van der Waals surface area contributed by atoms with Crippen molar-refractivity contribution < 1.29 is 4.39 Å².